The van der Waals surface area contributed by atoms with Crippen molar-refractivity contribution in [1.29, 1.82) is 0 Å². The SMILES string of the molecule is O=C(Cc1ccccc1)Cc1ccc(C2CNCCO2)nc1. The molecule has 1 saturated heterocycles. The van der Waals surface area contributed by atoms with Crippen molar-refractivity contribution < 1.29 is 9.53 Å². The van der Waals surface area contributed by atoms with Gasteiger partial charge in [0.25, 0.3) is 0 Å². The molecule has 1 fully saturated rings. The third-order valence-corrected chi connectivity index (χ3v) is 3.75. The van der Waals surface area contributed by atoms with Crippen molar-refractivity contribution in [3.8, 4) is 0 Å². The van der Waals surface area contributed by atoms with Crippen LogP contribution in [0.25, 0.3) is 0 Å². The van der Waals surface area contributed by atoms with Gasteiger partial charge in [0.05, 0.1) is 12.3 Å². The fourth-order valence-electron chi connectivity index (χ4n) is 2.60. The molecule has 4 nitrogen and oxygen atoms in total. The Bertz CT molecular complexity index is 605. The van der Waals surface area contributed by atoms with E-state index in [0.717, 1.165) is 29.9 Å². The molecule has 1 aliphatic heterocycles. The van der Waals surface area contributed by atoms with Crippen LogP contribution >= 0.6 is 0 Å². The predicted molar refractivity (Wildman–Crippen MR) is 84.7 cm³/mol. The van der Waals surface area contributed by atoms with E-state index in [4.69, 9.17) is 4.74 Å². The van der Waals surface area contributed by atoms with Gasteiger partial charge in [-0.05, 0) is 17.2 Å². The number of ether oxygens (including phenoxy) is 1. The van der Waals surface area contributed by atoms with Gasteiger partial charge in [-0.25, -0.2) is 0 Å². The molecule has 1 atom stereocenters. The van der Waals surface area contributed by atoms with Crippen LogP contribution in [0.3, 0.4) is 0 Å². The third kappa shape index (κ3) is 4.00. The lowest BCUT2D eigenvalue weighted by Gasteiger charge is -2.23. The zero-order valence-corrected chi connectivity index (χ0v) is 12.5. The largest absolute Gasteiger partial charge is 0.369 e. The van der Waals surface area contributed by atoms with Gasteiger partial charge < -0.3 is 10.1 Å². The summed E-state index contributed by atoms with van der Waals surface area (Å²) >= 11 is 0. The predicted octanol–water partition coefficient (Wildman–Crippen LogP) is 2.10. The van der Waals surface area contributed by atoms with Gasteiger partial charge in [-0.2, -0.15) is 0 Å². The highest BCUT2D eigenvalue weighted by Crippen LogP contribution is 2.17. The second-order valence-electron chi connectivity index (χ2n) is 5.53. The first kappa shape index (κ1) is 14.9. The number of hydrogen-bond acceptors (Lipinski definition) is 4. The van der Waals surface area contributed by atoms with E-state index in [2.05, 4.69) is 10.3 Å². The molecule has 1 aromatic heterocycles. The van der Waals surface area contributed by atoms with E-state index in [1.54, 1.807) is 6.20 Å². The van der Waals surface area contributed by atoms with Crippen LogP contribution in [0, 0.1) is 0 Å². The topological polar surface area (TPSA) is 51.2 Å². The number of rotatable bonds is 5. The summed E-state index contributed by atoms with van der Waals surface area (Å²) in [6.45, 7) is 2.39. The van der Waals surface area contributed by atoms with Gasteiger partial charge in [-0.1, -0.05) is 36.4 Å². The Balaban J connectivity index is 1.57. The molecule has 0 amide bonds. The molecule has 22 heavy (non-hydrogen) atoms. The van der Waals surface area contributed by atoms with E-state index >= 15 is 0 Å². The van der Waals surface area contributed by atoms with Crippen LogP contribution < -0.4 is 5.32 Å². The van der Waals surface area contributed by atoms with Crippen molar-refractivity contribution in [1.82, 2.24) is 10.3 Å². The number of carbonyl (C=O) groups excluding carboxylic acids is 1. The quantitative estimate of drug-likeness (QED) is 0.918. The Morgan fingerprint density at radius 2 is 1.95 bits per heavy atom. The van der Waals surface area contributed by atoms with Crippen LogP contribution in [0.4, 0.5) is 0 Å². The number of morpholine rings is 1. The highest BCUT2D eigenvalue weighted by Gasteiger charge is 2.16. The zero-order chi connectivity index (χ0) is 15.2. The molecule has 0 saturated carbocycles. The highest BCUT2D eigenvalue weighted by molar-refractivity contribution is 5.83. The summed E-state index contributed by atoms with van der Waals surface area (Å²) in [5.74, 6) is 0.205. The van der Waals surface area contributed by atoms with Crippen molar-refractivity contribution in [3.05, 3.63) is 65.5 Å². The van der Waals surface area contributed by atoms with Gasteiger partial charge in [0.2, 0.25) is 0 Å². The summed E-state index contributed by atoms with van der Waals surface area (Å²) < 4.78 is 5.67. The lowest BCUT2D eigenvalue weighted by molar-refractivity contribution is -0.117. The van der Waals surface area contributed by atoms with Crippen LogP contribution in [-0.2, 0) is 22.4 Å². The lowest BCUT2D eigenvalue weighted by atomic mass is 10.0. The molecule has 2 heterocycles. The number of ketones is 1. The normalized spacial score (nSPS) is 18.1. The fourth-order valence-corrected chi connectivity index (χ4v) is 2.60. The molecule has 2 aromatic rings. The minimum atomic E-state index is 0.0165. The van der Waals surface area contributed by atoms with E-state index in [-0.39, 0.29) is 11.9 Å². The van der Waals surface area contributed by atoms with Gasteiger partial charge in [0.15, 0.2) is 0 Å². The maximum Gasteiger partial charge on any atom is 0.141 e. The fraction of sp³-hybridized carbons (Fsp3) is 0.333. The molecular formula is C18H20N2O2. The standard InChI is InChI=1S/C18H20N2O2/c21-16(10-14-4-2-1-3-5-14)11-15-6-7-17(20-12-15)18-13-19-8-9-22-18/h1-7,12,18-19H,8-11,13H2. The second kappa shape index (κ2) is 7.29. The molecule has 114 valence electrons. The minimum absolute atomic E-state index is 0.0165. The summed E-state index contributed by atoms with van der Waals surface area (Å²) in [6, 6.07) is 13.8. The highest BCUT2D eigenvalue weighted by atomic mass is 16.5. The van der Waals surface area contributed by atoms with Gasteiger partial charge >= 0.3 is 0 Å². The van der Waals surface area contributed by atoms with Crippen LogP contribution in [-0.4, -0.2) is 30.5 Å². The number of Topliss-reactive ketones (excluding diaryl/α,β-unsaturated/α-hetero) is 1. The first-order chi connectivity index (χ1) is 10.8. The Kier molecular flexibility index (Phi) is 4.93. The molecule has 0 bridgehead atoms. The number of pyridine rings is 1. The average Bonchev–Trinajstić information content (AvgIpc) is 2.57. The maximum absolute atomic E-state index is 12.1. The monoisotopic (exact) mass is 296 g/mol. The number of aromatic nitrogens is 1. The number of hydrogen-bond donors (Lipinski definition) is 1. The van der Waals surface area contributed by atoms with Crippen LogP contribution in [0.1, 0.15) is 22.9 Å². The number of nitrogens with zero attached hydrogens (tertiary/aromatic N) is 1. The van der Waals surface area contributed by atoms with E-state index in [1.807, 2.05) is 42.5 Å². The Morgan fingerprint density at radius 3 is 2.64 bits per heavy atom. The molecule has 0 spiro atoms. The van der Waals surface area contributed by atoms with Gasteiger partial charge in [-0.15, -0.1) is 0 Å². The van der Waals surface area contributed by atoms with E-state index < -0.39 is 0 Å². The molecule has 1 aromatic carbocycles. The summed E-state index contributed by atoms with van der Waals surface area (Å²) in [5.41, 5.74) is 2.93. The van der Waals surface area contributed by atoms with E-state index in [0.29, 0.717) is 19.4 Å². The minimum Gasteiger partial charge on any atom is -0.369 e. The number of nitrogens with one attached hydrogen (secondary N) is 1. The summed E-state index contributed by atoms with van der Waals surface area (Å²) in [4.78, 5) is 16.6. The molecule has 0 radical (unpaired) electrons. The average molecular weight is 296 g/mol. The Morgan fingerprint density at radius 1 is 1.14 bits per heavy atom. The van der Waals surface area contributed by atoms with Crippen molar-refractivity contribution in [2.75, 3.05) is 19.7 Å². The maximum atomic E-state index is 12.1. The van der Waals surface area contributed by atoms with Crippen molar-refractivity contribution >= 4 is 5.78 Å². The van der Waals surface area contributed by atoms with Crippen LogP contribution in [0.15, 0.2) is 48.7 Å². The van der Waals surface area contributed by atoms with Gasteiger partial charge in [-0.3, -0.25) is 9.78 Å². The zero-order valence-electron chi connectivity index (χ0n) is 12.5. The van der Waals surface area contributed by atoms with Gasteiger partial charge in [0.1, 0.15) is 11.9 Å². The summed E-state index contributed by atoms with van der Waals surface area (Å²) in [6.07, 6.45) is 2.70. The molecule has 1 aliphatic rings. The Hall–Kier alpha value is -2.04. The van der Waals surface area contributed by atoms with Crippen molar-refractivity contribution in [2.24, 2.45) is 0 Å². The third-order valence-electron chi connectivity index (χ3n) is 3.75. The van der Waals surface area contributed by atoms with E-state index in [9.17, 15) is 4.79 Å². The molecule has 3 rings (SSSR count). The number of carbonyl (C=O) groups is 1. The van der Waals surface area contributed by atoms with Crippen LogP contribution in [0.2, 0.25) is 0 Å². The lowest BCUT2D eigenvalue weighted by Crippen LogP contribution is -2.33. The molecule has 4 heteroatoms. The van der Waals surface area contributed by atoms with Crippen LogP contribution in [0.5, 0.6) is 0 Å². The summed E-state index contributed by atoms with van der Waals surface area (Å²) in [5, 5.41) is 3.29. The first-order valence-corrected chi connectivity index (χ1v) is 7.64. The number of benzene rings is 1. The van der Waals surface area contributed by atoms with Gasteiger partial charge in [0, 0.05) is 32.1 Å². The van der Waals surface area contributed by atoms with E-state index in [1.165, 1.54) is 0 Å². The molecule has 1 N–H and O–H groups in total. The molecular weight excluding hydrogens is 276 g/mol. The molecule has 1 unspecified atom stereocenters. The molecule has 0 aliphatic carbocycles. The summed E-state index contributed by atoms with van der Waals surface area (Å²) in [7, 11) is 0. The van der Waals surface area contributed by atoms with Crippen molar-refractivity contribution in [3.63, 3.8) is 0 Å². The first-order valence-electron chi connectivity index (χ1n) is 7.64. The van der Waals surface area contributed by atoms with Crippen molar-refractivity contribution in [2.45, 2.75) is 18.9 Å². The Labute approximate surface area is 130 Å². The second-order valence-corrected chi connectivity index (χ2v) is 5.53. The smallest absolute Gasteiger partial charge is 0.141 e.